The van der Waals surface area contributed by atoms with Crippen LogP contribution in [0.3, 0.4) is 0 Å². The molecular weight excluding hydrogens is 245 g/mol. The smallest absolute Gasteiger partial charge is 0.335 e. The average molecular weight is 265 g/mol. The van der Waals surface area contributed by atoms with Crippen molar-refractivity contribution >= 4 is 5.97 Å². The SMILES string of the molecule is CN(Cc1ccc(C(=O)O)cc1)C1CCCCC1F. The number of carboxylic acid groups (broad SMARTS) is 1. The highest BCUT2D eigenvalue weighted by Crippen LogP contribution is 2.25. The second kappa shape index (κ2) is 6.15. The van der Waals surface area contributed by atoms with Crippen molar-refractivity contribution in [3.63, 3.8) is 0 Å². The number of nitrogens with zero attached hydrogens (tertiary/aromatic N) is 1. The van der Waals surface area contributed by atoms with Crippen molar-refractivity contribution in [2.75, 3.05) is 7.05 Å². The molecule has 0 aromatic heterocycles. The predicted molar refractivity (Wildman–Crippen MR) is 72.0 cm³/mol. The van der Waals surface area contributed by atoms with Crippen LogP contribution in [-0.2, 0) is 6.54 Å². The quantitative estimate of drug-likeness (QED) is 0.909. The average Bonchev–Trinajstić information content (AvgIpc) is 2.39. The summed E-state index contributed by atoms with van der Waals surface area (Å²) in [6.45, 7) is 0.658. The third-order valence-electron chi connectivity index (χ3n) is 3.85. The fourth-order valence-electron chi connectivity index (χ4n) is 2.72. The molecule has 1 aromatic rings. The van der Waals surface area contributed by atoms with Crippen LogP contribution >= 0.6 is 0 Å². The second-order valence-electron chi connectivity index (χ2n) is 5.28. The van der Waals surface area contributed by atoms with Gasteiger partial charge in [0.15, 0.2) is 0 Å². The van der Waals surface area contributed by atoms with Gasteiger partial charge in [-0.3, -0.25) is 4.90 Å². The van der Waals surface area contributed by atoms with Crippen LogP contribution in [0.15, 0.2) is 24.3 Å². The van der Waals surface area contributed by atoms with Gasteiger partial charge < -0.3 is 5.11 Å². The minimum absolute atomic E-state index is 0.00657. The fraction of sp³-hybridized carbons (Fsp3) is 0.533. The molecule has 1 N–H and O–H groups in total. The first-order valence-electron chi connectivity index (χ1n) is 6.74. The van der Waals surface area contributed by atoms with Crippen molar-refractivity contribution in [3.8, 4) is 0 Å². The van der Waals surface area contributed by atoms with Gasteiger partial charge >= 0.3 is 5.97 Å². The summed E-state index contributed by atoms with van der Waals surface area (Å²) in [6, 6.07) is 6.79. The molecule has 1 saturated carbocycles. The summed E-state index contributed by atoms with van der Waals surface area (Å²) < 4.78 is 13.9. The Hall–Kier alpha value is -1.42. The van der Waals surface area contributed by atoms with Gasteiger partial charge in [-0.1, -0.05) is 25.0 Å². The van der Waals surface area contributed by atoms with Crippen LogP contribution in [0.25, 0.3) is 0 Å². The monoisotopic (exact) mass is 265 g/mol. The van der Waals surface area contributed by atoms with Crippen LogP contribution in [0.2, 0.25) is 0 Å². The molecule has 1 fully saturated rings. The Balaban J connectivity index is 1.97. The molecule has 0 radical (unpaired) electrons. The van der Waals surface area contributed by atoms with Crippen LogP contribution in [-0.4, -0.2) is 35.2 Å². The zero-order valence-corrected chi connectivity index (χ0v) is 11.2. The van der Waals surface area contributed by atoms with Crippen molar-refractivity contribution in [3.05, 3.63) is 35.4 Å². The van der Waals surface area contributed by atoms with E-state index in [0.29, 0.717) is 13.0 Å². The number of halogens is 1. The molecule has 0 bridgehead atoms. The summed E-state index contributed by atoms with van der Waals surface area (Å²) in [5.74, 6) is -0.920. The maximum absolute atomic E-state index is 13.9. The standard InChI is InChI=1S/C15H20FNO2/c1-17(14-5-3-2-4-13(14)16)10-11-6-8-12(9-7-11)15(18)19/h6-9,13-14H,2-5,10H2,1H3,(H,18,19). The summed E-state index contributed by atoms with van der Waals surface area (Å²) >= 11 is 0. The minimum Gasteiger partial charge on any atom is -0.478 e. The molecule has 0 saturated heterocycles. The summed E-state index contributed by atoms with van der Waals surface area (Å²) in [6.07, 6.45) is 2.90. The highest BCUT2D eigenvalue weighted by Gasteiger charge is 2.27. The van der Waals surface area contributed by atoms with Crippen molar-refractivity contribution in [2.45, 2.75) is 44.4 Å². The lowest BCUT2D eigenvalue weighted by Crippen LogP contribution is -2.40. The van der Waals surface area contributed by atoms with Gasteiger partial charge in [0.05, 0.1) is 5.56 Å². The first-order chi connectivity index (χ1) is 9.08. The molecule has 2 atom stereocenters. The Bertz CT molecular complexity index is 432. The third kappa shape index (κ3) is 3.53. The molecule has 2 rings (SSSR count). The van der Waals surface area contributed by atoms with Crippen LogP contribution in [0.5, 0.6) is 0 Å². The van der Waals surface area contributed by atoms with E-state index < -0.39 is 12.1 Å². The van der Waals surface area contributed by atoms with Gasteiger partial charge in [-0.05, 0) is 37.6 Å². The molecule has 0 spiro atoms. The van der Waals surface area contributed by atoms with Gasteiger partial charge in [0.1, 0.15) is 6.17 Å². The maximum Gasteiger partial charge on any atom is 0.335 e. The predicted octanol–water partition coefficient (Wildman–Crippen LogP) is 3.10. The fourth-order valence-corrected chi connectivity index (χ4v) is 2.72. The van der Waals surface area contributed by atoms with E-state index in [4.69, 9.17) is 5.11 Å². The Morgan fingerprint density at radius 1 is 1.32 bits per heavy atom. The van der Waals surface area contributed by atoms with Crippen LogP contribution in [0, 0.1) is 0 Å². The zero-order chi connectivity index (χ0) is 13.8. The molecule has 104 valence electrons. The Labute approximate surface area is 113 Å². The molecule has 2 unspecified atom stereocenters. The molecule has 19 heavy (non-hydrogen) atoms. The van der Waals surface area contributed by atoms with Crippen molar-refractivity contribution in [1.29, 1.82) is 0 Å². The Morgan fingerprint density at radius 2 is 1.95 bits per heavy atom. The van der Waals surface area contributed by atoms with Crippen LogP contribution in [0.4, 0.5) is 4.39 Å². The molecule has 1 aliphatic rings. The summed E-state index contributed by atoms with van der Waals surface area (Å²) in [5, 5.41) is 8.84. The minimum atomic E-state index is -0.920. The molecule has 1 aliphatic carbocycles. The molecular formula is C15H20FNO2. The number of carbonyl (C=O) groups is 1. The highest BCUT2D eigenvalue weighted by molar-refractivity contribution is 5.87. The van der Waals surface area contributed by atoms with E-state index in [9.17, 15) is 9.18 Å². The number of hydrogen-bond acceptors (Lipinski definition) is 2. The Morgan fingerprint density at radius 3 is 2.53 bits per heavy atom. The lowest BCUT2D eigenvalue weighted by molar-refractivity contribution is 0.0697. The van der Waals surface area contributed by atoms with E-state index in [1.807, 2.05) is 11.9 Å². The molecule has 0 aliphatic heterocycles. The van der Waals surface area contributed by atoms with E-state index >= 15 is 0 Å². The largest absolute Gasteiger partial charge is 0.478 e. The zero-order valence-electron chi connectivity index (χ0n) is 11.2. The van der Waals surface area contributed by atoms with Crippen LogP contribution < -0.4 is 0 Å². The molecule has 3 nitrogen and oxygen atoms in total. The van der Waals surface area contributed by atoms with Gasteiger partial charge in [-0.25, -0.2) is 9.18 Å². The van der Waals surface area contributed by atoms with Crippen molar-refractivity contribution in [2.24, 2.45) is 0 Å². The number of benzene rings is 1. The van der Waals surface area contributed by atoms with E-state index in [-0.39, 0.29) is 11.6 Å². The first-order valence-corrected chi connectivity index (χ1v) is 6.74. The molecule has 4 heteroatoms. The number of carboxylic acids is 1. The first kappa shape index (κ1) is 14.0. The topological polar surface area (TPSA) is 40.5 Å². The maximum atomic E-state index is 13.9. The van der Waals surface area contributed by atoms with E-state index in [2.05, 4.69) is 0 Å². The molecule has 1 aromatic carbocycles. The lowest BCUT2D eigenvalue weighted by atomic mass is 9.92. The van der Waals surface area contributed by atoms with E-state index in [1.54, 1.807) is 24.3 Å². The van der Waals surface area contributed by atoms with Gasteiger partial charge in [0, 0.05) is 12.6 Å². The third-order valence-corrected chi connectivity index (χ3v) is 3.85. The molecule has 0 heterocycles. The van der Waals surface area contributed by atoms with E-state index in [1.165, 1.54) is 0 Å². The summed E-state index contributed by atoms with van der Waals surface area (Å²) in [7, 11) is 1.94. The number of aromatic carboxylic acids is 1. The van der Waals surface area contributed by atoms with Gasteiger partial charge in [0.2, 0.25) is 0 Å². The van der Waals surface area contributed by atoms with Crippen molar-refractivity contribution < 1.29 is 14.3 Å². The number of hydrogen-bond donors (Lipinski definition) is 1. The van der Waals surface area contributed by atoms with Gasteiger partial charge in [-0.2, -0.15) is 0 Å². The highest BCUT2D eigenvalue weighted by atomic mass is 19.1. The lowest BCUT2D eigenvalue weighted by Gasteiger charge is -2.33. The summed E-state index contributed by atoms with van der Waals surface area (Å²) in [4.78, 5) is 12.8. The number of alkyl halides is 1. The van der Waals surface area contributed by atoms with Crippen molar-refractivity contribution in [1.82, 2.24) is 4.90 Å². The Kier molecular flexibility index (Phi) is 4.53. The number of rotatable bonds is 4. The van der Waals surface area contributed by atoms with E-state index in [0.717, 1.165) is 24.8 Å². The van der Waals surface area contributed by atoms with Crippen LogP contribution in [0.1, 0.15) is 41.6 Å². The molecule has 0 amide bonds. The second-order valence-corrected chi connectivity index (χ2v) is 5.28. The normalized spacial score (nSPS) is 23.5. The van der Waals surface area contributed by atoms with Gasteiger partial charge in [-0.15, -0.1) is 0 Å². The summed E-state index contributed by atoms with van der Waals surface area (Å²) in [5.41, 5.74) is 1.30. The van der Waals surface area contributed by atoms with Gasteiger partial charge in [0.25, 0.3) is 0 Å².